The Bertz CT molecular complexity index is 1540. The second kappa shape index (κ2) is 12.5. The quantitative estimate of drug-likeness (QED) is 0.371. The molecule has 3 unspecified atom stereocenters. The van der Waals surface area contributed by atoms with E-state index in [4.69, 9.17) is 9.47 Å². The van der Waals surface area contributed by atoms with Crippen LogP contribution in [0.3, 0.4) is 0 Å². The molecule has 3 aromatic rings. The second-order valence-corrected chi connectivity index (χ2v) is 10.7. The van der Waals surface area contributed by atoms with Gasteiger partial charge in [0.25, 0.3) is 0 Å². The zero-order valence-corrected chi connectivity index (χ0v) is 24.4. The van der Waals surface area contributed by atoms with Crippen molar-refractivity contribution in [3.63, 3.8) is 0 Å². The molecule has 3 aromatic carbocycles. The molecule has 3 amide bonds. The minimum Gasteiger partial charge on any atom is -0.493 e. The molecule has 0 spiro atoms. The lowest BCUT2D eigenvalue weighted by atomic mass is 9.82. The number of anilines is 2. The second-order valence-electron chi connectivity index (χ2n) is 10.7. The maximum absolute atomic E-state index is 13.9. The van der Waals surface area contributed by atoms with E-state index in [1.54, 1.807) is 23.1 Å². The van der Waals surface area contributed by atoms with Gasteiger partial charge < -0.3 is 29.3 Å². The van der Waals surface area contributed by atoms with E-state index in [0.29, 0.717) is 22.7 Å². The lowest BCUT2D eigenvalue weighted by Crippen LogP contribution is -2.51. The number of amides is 3. The summed E-state index contributed by atoms with van der Waals surface area (Å²) in [6.45, 7) is 2.13. The minimum absolute atomic E-state index is 0.118. The molecule has 0 aliphatic carbocycles. The van der Waals surface area contributed by atoms with E-state index in [9.17, 15) is 27.6 Å². The summed E-state index contributed by atoms with van der Waals surface area (Å²) < 4.78 is 53.1. The van der Waals surface area contributed by atoms with Gasteiger partial charge in [0.05, 0.1) is 26.2 Å². The van der Waals surface area contributed by atoms with Crippen molar-refractivity contribution in [1.29, 1.82) is 0 Å². The first-order valence-electron chi connectivity index (χ1n) is 14.1. The summed E-state index contributed by atoms with van der Waals surface area (Å²) in [5.74, 6) is -1.27. The molecule has 0 radical (unpaired) electrons. The molecule has 44 heavy (non-hydrogen) atoms. The Morgan fingerprint density at radius 1 is 0.909 bits per heavy atom. The van der Waals surface area contributed by atoms with Gasteiger partial charge in [-0.05, 0) is 61.7 Å². The number of halogens is 3. The van der Waals surface area contributed by atoms with Crippen LogP contribution in [0.1, 0.15) is 36.4 Å². The van der Waals surface area contributed by atoms with Gasteiger partial charge in [-0.1, -0.05) is 29.8 Å². The van der Waals surface area contributed by atoms with Crippen LogP contribution in [0, 0.1) is 12.8 Å². The van der Waals surface area contributed by atoms with E-state index in [1.165, 1.54) is 31.3 Å². The largest absolute Gasteiger partial charge is 0.573 e. The number of methoxy groups -OCH3 is 2. The van der Waals surface area contributed by atoms with Gasteiger partial charge in [-0.25, -0.2) is 0 Å². The number of hydrogen-bond acceptors (Lipinski definition) is 6. The summed E-state index contributed by atoms with van der Waals surface area (Å²) >= 11 is 0. The average molecular weight is 612 g/mol. The van der Waals surface area contributed by atoms with E-state index >= 15 is 0 Å². The molecule has 12 heteroatoms. The summed E-state index contributed by atoms with van der Waals surface area (Å²) in [6.07, 6.45) is -4.26. The summed E-state index contributed by atoms with van der Waals surface area (Å²) in [4.78, 5) is 43.6. The summed E-state index contributed by atoms with van der Waals surface area (Å²) in [6, 6.07) is 16.2. The average Bonchev–Trinajstić information content (AvgIpc) is 3.35. The van der Waals surface area contributed by atoms with Crippen molar-refractivity contribution in [2.45, 2.75) is 44.6 Å². The minimum atomic E-state index is -4.87. The lowest BCUT2D eigenvalue weighted by molar-refractivity contribution is -0.274. The third kappa shape index (κ3) is 6.43. The maximum Gasteiger partial charge on any atom is 0.573 e. The van der Waals surface area contributed by atoms with E-state index in [1.807, 2.05) is 31.2 Å². The number of nitrogens with zero attached hydrogens (tertiary/aromatic N) is 2. The zero-order valence-electron chi connectivity index (χ0n) is 24.4. The van der Waals surface area contributed by atoms with Crippen LogP contribution in [-0.4, -0.2) is 50.9 Å². The van der Waals surface area contributed by atoms with Crippen LogP contribution in [0.15, 0.2) is 66.7 Å². The van der Waals surface area contributed by atoms with Crippen molar-refractivity contribution in [2.75, 3.05) is 30.6 Å². The first kappa shape index (κ1) is 30.7. The SMILES string of the molecule is COc1ccc(C2C(C(=O)NC3CCN(c4cccc(OC(F)(F)F)c4)C3=O)CCC(=O)N2c2ccc(C)cc2)cc1OC. The molecule has 0 aromatic heterocycles. The van der Waals surface area contributed by atoms with E-state index in [0.717, 1.165) is 17.7 Å². The van der Waals surface area contributed by atoms with Crippen LogP contribution in [0.2, 0.25) is 0 Å². The van der Waals surface area contributed by atoms with E-state index in [2.05, 4.69) is 10.1 Å². The Morgan fingerprint density at radius 3 is 2.32 bits per heavy atom. The first-order valence-corrected chi connectivity index (χ1v) is 14.1. The molecule has 9 nitrogen and oxygen atoms in total. The number of rotatable bonds is 8. The normalized spacial score (nSPS) is 20.5. The van der Waals surface area contributed by atoms with Gasteiger partial charge in [0.2, 0.25) is 17.7 Å². The van der Waals surface area contributed by atoms with Crippen molar-refractivity contribution in [3.8, 4) is 17.2 Å². The van der Waals surface area contributed by atoms with E-state index < -0.39 is 41.9 Å². The highest BCUT2D eigenvalue weighted by Gasteiger charge is 2.44. The number of carbonyl (C=O) groups excluding carboxylic acids is 3. The molecule has 1 N–H and O–H groups in total. The Morgan fingerprint density at radius 2 is 1.64 bits per heavy atom. The Labute approximate surface area is 252 Å². The van der Waals surface area contributed by atoms with Crippen molar-refractivity contribution in [3.05, 3.63) is 77.9 Å². The van der Waals surface area contributed by atoms with Gasteiger partial charge in [-0.2, -0.15) is 0 Å². The molecule has 5 rings (SSSR count). The summed E-state index contributed by atoms with van der Waals surface area (Å²) in [7, 11) is 3.01. The van der Waals surface area contributed by atoms with Gasteiger partial charge >= 0.3 is 6.36 Å². The van der Waals surface area contributed by atoms with E-state index in [-0.39, 0.29) is 37.4 Å². The highest BCUT2D eigenvalue weighted by atomic mass is 19.4. The number of hydrogen-bond donors (Lipinski definition) is 1. The number of benzene rings is 3. The first-order chi connectivity index (χ1) is 21.0. The smallest absolute Gasteiger partial charge is 0.493 e. The molecule has 0 saturated carbocycles. The molecule has 2 fully saturated rings. The van der Waals surface area contributed by atoms with Gasteiger partial charge in [0.1, 0.15) is 11.8 Å². The van der Waals surface area contributed by atoms with Crippen LogP contribution in [0.4, 0.5) is 24.5 Å². The number of aryl methyl sites for hydroxylation is 1. The third-order valence-corrected chi connectivity index (χ3v) is 7.88. The fraction of sp³-hybridized carbons (Fsp3) is 0.344. The van der Waals surface area contributed by atoms with Crippen molar-refractivity contribution >= 4 is 29.1 Å². The maximum atomic E-state index is 13.9. The zero-order chi connectivity index (χ0) is 31.6. The molecule has 0 bridgehead atoms. The van der Waals surface area contributed by atoms with Crippen LogP contribution in [0.5, 0.6) is 17.2 Å². The standard InChI is InChI=1S/C32H32F3N3O6/c1-19-7-10-21(11-8-19)38-28(39)14-12-24(29(38)20-9-13-26(42-2)27(17-20)43-3)30(40)36-25-15-16-37(31(25)41)22-5-4-6-23(18-22)44-32(33,34)35/h4-11,13,17-18,24-25,29H,12,14-16H2,1-3H3,(H,36,40). The molecule has 232 valence electrons. The fourth-order valence-electron chi connectivity index (χ4n) is 5.79. The van der Waals surface area contributed by atoms with Gasteiger partial charge in [0, 0.05) is 30.4 Å². The van der Waals surface area contributed by atoms with Crippen LogP contribution < -0.4 is 29.3 Å². The van der Waals surface area contributed by atoms with Crippen molar-refractivity contribution < 1.29 is 41.8 Å². The summed E-state index contributed by atoms with van der Waals surface area (Å²) in [5, 5.41) is 2.86. The lowest BCUT2D eigenvalue weighted by Gasteiger charge is -2.41. The molecular formula is C32H32F3N3O6. The van der Waals surface area contributed by atoms with Crippen LogP contribution in [0.25, 0.3) is 0 Å². The van der Waals surface area contributed by atoms with Gasteiger partial charge in [-0.3, -0.25) is 14.4 Å². The molecular weight excluding hydrogens is 579 g/mol. The Hall–Kier alpha value is -4.74. The monoisotopic (exact) mass is 611 g/mol. The molecule has 3 atom stereocenters. The van der Waals surface area contributed by atoms with Crippen LogP contribution in [-0.2, 0) is 14.4 Å². The predicted molar refractivity (Wildman–Crippen MR) is 156 cm³/mol. The Kier molecular flexibility index (Phi) is 8.70. The van der Waals surface area contributed by atoms with Gasteiger partial charge in [-0.15, -0.1) is 13.2 Å². The highest BCUT2D eigenvalue weighted by Crippen LogP contribution is 2.43. The van der Waals surface area contributed by atoms with Crippen LogP contribution >= 0.6 is 0 Å². The number of nitrogens with one attached hydrogen (secondary N) is 1. The van der Waals surface area contributed by atoms with Crippen molar-refractivity contribution in [1.82, 2.24) is 5.32 Å². The summed E-state index contributed by atoms with van der Waals surface area (Å²) in [5.41, 5.74) is 2.51. The number of ether oxygens (including phenoxy) is 3. The fourth-order valence-corrected chi connectivity index (χ4v) is 5.79. The number of piperidine rings is 1. The predicted octanol–water partition coefficient (Wildman–Crippen LogP) is 5.32. The highest BCUT2D eigenvalue weighted by molar-refractivity contribution is 6.02. The topological polar surface area (TPSA) is 97.4 Å². The number of carbonyl (C=O) groups is 3. The third-order valence-electron chi connectivity index (χ3n) is 7.88. The molecule has 2 heterocycles. The molecule has 2 aliphatic heterocycles. The van der Waals surface area contributed by atoms with Gasteiger partial charge in [0.15, 0.2) is 11.5 Å². The van der Waals surface area contributed by atoms with Crippen molar-refractivity contribution in [2.24, 2.45) is 5.92 Å². The number of alkyl halides is 3. The Balaban J connectivity index is 1.42. The molecule has 2 saturated heterocycles. The molecule has 2 aliphatic rings.